The number of methoxy groups -OCH3 is 2. The highest BCUT2D eigenvalue weighted by molar-refractivity contribution is 6.08. The first-order valence-corrected chi connectivity index (χ1v) is 12.8. The fraction of sp³-hybridized carbons (Fsp3) is 0.276. The molecular formula is C29H28N4O7. The van der Waals surface area contributed by atoms with Crippen molar-refractivity contribution in [1.82, 2.24) is 15.0 Å². The molecule has 3 aromatic rings. The minimum absolute atomic E-state index is 0.0617. The van der Waals surface area contributed by atoms with Gasteiger partial charge in [-0.15, -0.1) is 0 Å². The van der Waals surface area contributed by atoms with Crippen molar-refractivity contribution >= 4 is 23.7 Å². The van der Waals surface area contributed by atoms with Gasteiger partial charge in [-0.05, 0) is 66.3 Å². The van der Waals surface area contributed by atoms with Gasteiger partial charge in [0.05, 0.1) is 26.0 Å². The molecule has 40 heavy (non-hydrogen) atoms. The Morgan fingerprint density at radius 3 is 2.35 bits per heavy atom. The molecule has 0 saturated heterocycles. The average molecular weight is 545 g/mol. The van der Waals surface area contributed by atoms with Crippen LogP contribution in [0.4, 0.5) is 0 Å². The van der Waals surface area contributed by atoms with Crippen molar-refractivity contribution in [3.05, 3.63) is 97.8 Å². The topological polar surface area (TPSA) is 143 Å². The number of fused-ring (bicyclic) bond motifs is 1. The largest absolute Gasteiger partial charge is 0.497 e. The van der Waals surface area contributed by atoms with Crippen molar-refractivity contribution in [3.8, 4) is 11.5 Å². The Labute approximate surface area is 229 Å². The Bertz CT molecular complexity index is 1590. The summed E-state index contributed by atoms with van der Waals surface area (Å²) < 4.78 is 15.7. The molecule has 2 atom stereocenters. The summed E-state index contributed by atoms with van der Waals surface area (Å²) in [6, 6.07) is 14.8. The maximum Gasteiger partial charge on any atom is 0.345 e. The molecule has 11 nitrogen and oxygen atoms in total. The van der Waals surface area contributed by atoms with Crippen molar-refractivity contribution in [1.29, 1.82) is 0 Å². The number of H-pyrrole nitrogens is 2. The van der Waals surface area contributed by atoms with Crippen LogP contribution in [0, 0.1) is 5.92 Å². The summed E-state index contributed by atoms with van der Waals surface area (Å²) in [7, 11) is 3.20. The van der Waals surface area contributed by atoms with Crippen LogP contribution in [-0.4, -0.2) is 53.4 Å². The molecule has 1 aliphatic heterocycles. The first-order chi connectivity index (χ1) is 19.4. The number of aromatic amines is 2. The number of ether oxygens (including phenoxy) is 3. The molecule has 2 aromatic carbocycles. The highest BCUT2D eigenvalue weighted by atomic mass is 16.5. The van der Waals surface area contributed by atoms with Crippen LogP contribution in [0.2, 0.25) is 0 Å². The predicted octanol–water partition coefficient (Wildman–Crippen LogP) is 3.06. The van der Waals surface area contributed by atoms with Crippen molar-refractivity contribution in [3.63, 3.8) is 0 Å². The number of amides is 1. The van der Waals surface area contributed by atoms with Crippen LogP contribution in [0.5, 0.6) is 11.5 Å². The van der Waals surface area contributed by atoms with Crippen molar-refractivity contribution < 1.29 is 23.8 Å². The van der Waals surface area contributed by atoms with Gasteiger partial charge in [0, 0.05) is 12.1 Å². The van der Waals surface area contributed by atoms with Gasteiger partial charge in [0.2, 0.25) is 0 Å². The Morgan fingerprint density at radius 1 is 1.02 bits per heavy atom. The van der Waals surface area contributed by atoms with Crippen LogP contribution in [0.25, 0.3) is 6.08 Å². The Balaban J connectivity index is 1.44. The first kappa shape index (κ1) is 26.7. The lowest BCUT2D eigenvalue weighted by molar-refractivity contribution is -0.137. The lowest BCUT2D eigenvalue weighted by Gasteiger charge is -2.29. The van der Waals surface area contributed by atoms with Gasteiger partial charge in [0.15, 0.2) is 6.61 Å². The molecule has 0 radical (unpaired) electrons. The second-order valence-corrected chi connectivity index (χ2v) is 9.44. The van der Waals surface area contributed by atoms with Crippen molar-refractivity contribution in [2.75, 3.05) is 20.8 Å². The molecule has 1 fully saturated rings. The van der Waals surface area contributed by atoms with E-state index in [4.69, 9.17) is 19.3 Å². The SMILES string of the molecule is COc1ccc(C=C2CCCC3C2=NN(C(=O)COC(=O)c2c[nH]c(=O)[nH]c2=O)C3c2ccc(OC)cc2)cc1. The van der Waals surface area contributed by atoms with Crippen LogP contribution >= 0.6 is 0 Å². The number of allylic oxidation sites excluding steroid dienone is 1. The van der Waals surface area contributed by atoms with E-state index < -0.39 is 41.3 Å². The molecule has 2 heterocycles. The number of hydrogen-bond acceptors (Lipinski definition) is 8. The summed E-state index contributed by atoms with van der Waals surface area (Å²) >= 11 is 0. The smallest absolute Gasteiger partial charge is 0.345 e. The zero-order valence-electron chi connectivity index (χ0n) is 22.0. The van der Waals surface area contributed by atoms with E-state index in [0.29, 0.717) is 5.75 Å². The van der Waals surface area contributed by atoms with Gasteiger partial charge in [-0.3, -0.25) is 14.6 Å². The highest BCUT2D eigenvalue weighted by Gasteiger charge is 2.44. The van der Waals surface area contributed by atoms with Gasteiger partial charge in [-0.25, -0.2) is 14.6 Å². The van der Waals surface area contributed by atoms with Gasteiger partial charge in [-0.2, -0.15) is 5.10 Å². The van der Waals surface area contributed by atoms with E-state index in [2.05, 4.69) is 11.1 Å². The molecule has 11 heteroatoms. The number of esters is 1. The number of aromatic nitrogens is 2. The van der Waals surface area contributed by atoms with E-state index in [0.717, 1.165) is 53.6 Å². The fourth-order valence-electron chi connectivity index (χ4n) is 5.08. The van der Waals surface area contributed by atoms with E-state index in [1.165, 1.54) is 5.01 Å². The number of carbonyl (C=O) groups is 2. The summed E-state index contributed by atoms with van der Waals surface area (Å²) in [6.07, 6.45) is 5.58. The lowest BCUT2D eigenvalue weighted by atomic mass is 9.77. The van der Waals surface area contributed by atoms with Gasteiger partial charge in [0.1, 0.15) is 17.1 Å². The summed E-state index contributed by atoms with van der Waals surface area (Å²) in [5.74, 6) is -0.188. The molecule has 0 bridgehead atoms. The van der Waals surface area contributed by atoms with Crippen LogP contribution in [0.15, 0.2) is 75.0 Å². The molecule has 2 unspecified atom stereocenters. The zero-order valence-corrected chi connectivity index (χ0v) is 22.0. The van der Waals surface area contributed by atoms with E-state index in [1.807, 2.05) is 53.5 Å². The number of rotatable bonds is 7. The molecule has 2 N–H and O–H groups in total. The highest BCUT2D eigenvalue weighted by Crippen LogP contribution is 2.44. The molecule has 1 amide bonds. The number of nitrogens with one attached hydrogen (secondary N) is 2. The summed E-state index contributed by atoms with van der Waals surface area (Å²) in [6.45, 7) is -0.634. The van der Waals surface area contributed by atoms with E-state index in [1.54, 1.807) is 14.2 Å². The third kappa shape index (κ3) is 5.44. The molecule has 1 saturated carbocycles. The lowest BCUT2D eigenvalue weighted by Crippen LogP contribution is -2.35. The minimum atomic E-state index is -1.03. The molecule has 206 valence electrons. The zero-order chi connectivity index (χ0) is 28.2. The van der Waals surface area contributed by atoms with Gasteiger partial charge < -0.3 is 19.2 Å². The average Bonchev–Trinajstić information content (AvgIpc) is 3.37. The quantitative estimate of drug-likeness (QED) is 0.435. The maximum atomic E-state index is 13.4. The van der Waals surface area contributed by atoms with Crippen molar-refractivity contribution in [2.24, 2.45) is 11.0 Å². The normalized spacial score (nSPS) is 19.1. The Kier molecular flexibility index (Phi) is 7.63. The number of benzene rings is 2. The van der Waals surface area contributed by atoms with Gasteiger partial charge in [-0.1, -0.05) is 24.3 Å². The molecule has 0 spiro atoms. The standard InChI is InChI=1S/C29H28N4O7/c1-38-20-10-6-17(7-11-20)14-19-4-3-5-22-25(19)32-33(26(22)18-8-12-21(39-2)13-9-18)24(34)16-40-28(36)23-15-30-29(37)31-27(23)35/h6-15,22,26H,3-5,16H2,1-2H3,(H2,30,31,35,37). The number of hydrogen-bond donors (Lipinski definition) is 2. The molecular weight excluding hydrogens is 516 g/mol. The van der Waals surface area contributed by atoms with Crippen LogP contribution < -0.4 is 20.7 Å². The summed E-state index contributed by atoms with van der Waals surface area (Å²) in [5.41, 5.74) is 1.64. The Hall–Kier alpha value is -4.93. The predicted molar refractivity (Wildman–Crippen MR) is 146 cm³/mol. The number of nitrogens with zero attached hydrogens (tertiary/aromatic N) is 2. The number of carbonyl (C=O) groups excluding carboxylic acids is 2. The second-order valence-electron chi connectivity index (χ2n) is 9.44. The Morgan fingerprint density at radius 2 is 1.70 bits per heavy atom. The third-order valence-electron chi connectivity index (χ3n) is 7.04. The first-order valence-electron chi connectivity index (χ1n) is 12.8. The maximum absolute atomic E-state index is 13.4. The summed E-state index contributed by atoms with van der Waals surface area (Å²) in [4.78, 5) is 53.3. The molecule has 1 aliphatic carbocycles. The summed E-state index contributed by atoms with van der Waals surface area (Å²) in [5, 5.41) is 6.15. The minimum Gasteiger partial charge on any atom is -0.497 e. The van der Waals surface area contributed by atoms with E-state index >= 15 is 0 Å². The van der Waals surface area contributed by atoms with Gasteiger partial charge in [0.25, 0.3) is 11.5 Å². The van der Waals surface area contributed by atoms with E-state index in [9.17, 15) is 19.2 Å². The second kappa shape index (κ2) is 11.4. The third-order valence-corrected chi connectivity index (χ3v) is 7.04. The molecule has 5 rings (SSSR count). The van der Waals surface area contributed by atoms with Crippen LogP contribution in [0.1, 0.15) is 46.8 Å². The molecule has 2 aliphatic rings. The fourth-order valence-corrected chi connectivity index (χ4v) is 5.08. The monoisotopic (exact) mass is 544 g/mol. The molecule has 1 aromatic heterocycles. The van der Waals surface area contributed by atoms with E-state index in [-0.39, 0.29) is 5.92 Å². The number of hydrazone groups is 1. The van der Waals surface area contributed by atoms with Gasteiger partial charge >= 0.3 is 11.7 Å². The van der Waals surface area contributed by atoms with Crippen LogP contribution in [0.3, 0.4) is 0 Å². The van der Waals surface area contributed by atoms with Crippen LogP contribution in [-0.2, 0) is 9.53 Å². The van der Waals surface area contributed by atoms with Crippen molar-refractivity contribution in [2.45, 2.75) is 25.3 Å².